The second kappa shape index (κ2) is 8.87. The first-order valence-electron chi connectivity index (χ1n) is 9.81. The smallest absolute Gasteiger partial charge is 0.258 e. The Balaban J connectivity index is 1.43. The standard InChI is InChI=1S/C20H21F3N6O2S/c1-20(10-21,18(22)23)15-4-16(28-31-15)27-17(30)13-9-32-14-8-29(3-2-12(13)14)7-11-5-25-19(24)26-6-11/h4-6,9,18H,2-3,7-8,10H2,1H3,(H2,24,25,26)(H,27,28,30). The lowest BCUT2D eigenvalue weighted by Gasteiger charge is -2.27. The lowest BCUT2D eigenvalue weighted by molar-refractivity contribution is 0.0281. The van der Waals surface area contributed by atoms with Crippen molar-refractivity contribution in [2.24, 2.45) is 0 Å². The Morgan fingerprint density at radius 3 is 2.84 bits per heavy atom. The van der Waals surface area contributed by atoms with E-state index in [2.05, 4.69) is 25.3 Å². The quantitative estimate of drug-likeness (QED) is 0.549. The molecule has 1 amide bonds. The second-order valence-electron chi connectivity index (χ2n) is 7.84. The molecule has 3 aromatic rings. The van der Waals surface area contributed by atoms with Crippen molar-refractivity contribution in [3.05, 3.63) is 51.2 Å². The zero-order chi connectivity index (χ0) is 22.9. The Morgan fingerprint density at radius 2 is 2.16 bits per heavy atom. The van der Waals surface area contributed by atoms with Gasteiger partial charge in [0.05, 0.1) is 5.56 Å². The topological polar surface area (TPSA) is 110 Å². The third-order valence-corrected chi connectivity index (χ3v) is 6.49. The molecule has 0 fully saturated rings. The van der Waals surface area contributed by atoms with Crippen molar-refractivity contribution in [2.75, 3.05) is 24.3 Å². The number of nitrogens with zero attached hydrogens (tertiary/aromatic N) is 4. The number of amides is 1. The molecule has 32 heavy (non-hydrogen) atoms. The number of nitrogens with one attached hydrogen (secondary N) is 1. The molecule has 4 rings (SSSR count). The van der Waals surface area contributed by atoms with Crippen LogP contribution in [0, 0.1) is 0 Å². The van der Waals surface area contributed by atoms with E-state index in [0.29, 0.717) is 25.1 Å². The number of hydrogen-bond acceptors (Lipinski definition) is 8. The van der Waals surface area contributed by atoms with E-state index in [1.165, 1.54) is 11.3 Å². The first kappa shape index (κ1) is 22.2. The molecule has 0 aliphatic carbocycles. The van der Waals surface area contributed by atoms with Crippen molar-refractivity contribution < 1.29 is 22.5 Å². The van der Waals surface area contributed by atoms with E-state index < -0.39 is 24.4 Å². The van der Waals surface area contributed by atoms with Gasteiger partial charge < -0.3 is 15.6 Å². The van der Waals surface area contributed by atoms with Crippen LogP contribution in [-0.4, -0.2) is 45.6 Å². The maximum absolute atomic E-state index is 13.2. The Hall–Kier alpha value is -2.99. The molecule has 4 heterocycles. The van der Waals surface area contributed by atoms with Crippen LogP contribution in [0.25, 0.3) is 0 Å². The van der Waals surface area contributed by atoms with Crippen LogP contribution >= 0.6 is 11.3 Å². The Kier molecular flexibility index (Phi) is 6.15. The van der Waals surface area contributed by atoms with E-state index in [4.69, 9.17) is 10.3 Å². The number of thiophene rings is 1. The molecule has 3 N–H and O–H groups in total. The first-order chi connectivity index (χ1) is 15.3. The number of anilines is 2. The highest BCUT2D eigenvalue weighted by atomic mass is 32.1. The molecule has 1 aliphatic heterocycles. The molecule has 8 nitrogen and oxygen atoms in total. The zero-order valence-electron chi connectivity index (χ0n) is 17.1. The fourth-order valence-electron chi connectivity index (χ4n) is 3.43. The van der Waals surface area contributed by atoms with E-state index in [1.54, 1.807) is 17.8 Å². The monoisotopic (exact) mass is 466 g/mol. The number of hydrogen-bond donors (Lipinski definition) is 2. The van der Waals surface area contributed by atoms with E-state index in [-0.39, 0.29) is 17.5 Å². The SMILES string of the molecule is CC(CF)(c1cc(NC(=O)c2csc3c2CCN(Cc2cnc(N)nc2)C3)no1)C(F)F. The fourth-order valence-corrected chi connectivity index (χ4v) is 4.55. The summed E-state index contributed by atoms with van der Waals surface area (Å²) in [5.74, 6) is -0.543. The van der Waals surface area contributed by atoms with Gasteiger partial charge in [-0.1, -0.05) is 5.16 Å². The minimum Gasteiger partial charge on any atom is -0.368 e. The average Bonchev–Trinajstić information content (AvgIpc) is 3.41. The molecule has 0 bridgehead atoms. The molecule has 3 aromatic heterocycles. The van der Waals surface area contributed by atoms with Crippen LogP contribution < -0.4 is 11.1 Å². The van der Waals surface area contributed by atoms with Gasteiger partial charge in [0, 0.05) is 53.9 Å². The summed E-state index contributed by atoms with van der Waals surface area (Å²) in [5.41, 5.74) is 5.81. The number of nitrogen functional groups attached to an aromatic ring is 1. The van der Waals surface area contributed by atoms with E-state index in [0.717, 1.165) is 35.5 Å². The van der Waals surface area contributed by atoms with Crippen LogP contribution in [0.1, 0.15) is 39.0 Å². The molecule has 0 aromatic carbocycles. The average molecular weight is 466 g/mol. The van der Waals surface area contributed by atoms with Gasteiger partial charge in [-0.25, -0.2) is 23.1 Å². The van der Waals surface area contributed by atoms with Crippen LogP contribution in [0.5, 0.6) is 0 Å². The van der Waals surface area contributed by atoms with Crippen molar-refractivity contribution >= 4 is 29.0 Å². The highest BCUT2D eigenvalue weighted by Crippen LogP contribution is 2.34. The van der Waals surface area contributed by atoms with Crippen LogP contribution in [0.15, 0.2) is 28.4 Å². The van der Waals surface area contributed by atoms with Crippen LogP contribution in [0.2, 0.25) is 0 Å². The Bertz CT molecular complexity index is 1100. The molecule has 0 radical (unpaired) electrons. The number of halogens is 3. The molecule has 0 saturated carbocycles. The molecule has 1 atom stereocenters. The lowest BCUT2D eigenvalue weighted by Crippen LogP contribution is -2.32. The number of alkyl halides is 3. The summed E-state index contributed by atoms with van der Waals surface area (Å²) in [7, 11) is 0. The molecular weight excluding hydrogens is 445 g/mol. The molecule has 0 saturated heterocycles. The number of carbonyl (C=O) groups excluding carboxylic acids is 1. The molecule has 12 heteroatoms. The van der Waals surface area contributed by atoms with Crippen molar-refractivity contribution in [1.29, 1.82) is 0 Å². The highest BCUT2D eigenvalue weighted by Gasteiger charge is 2.41. The summed E-state index contributed by atoms with van der Waals surface area (Å²) in [6.07, 6.45) is 1.08. The van der Waals surface area contributed by atoms with E-state index >= 15 is 0 Å². The molecule has 0 spiro atoms. The van der Waals surface area contributed by atoms with Gasteiger partial charge in [-0.05, 0) is 18.9 Å². The number of nitrogens with two attached hydrogens (primary N) is 1. The zero-order valence-corrected chi connectivity index (χ0v) is 18.0. The normalized spacial score (nSPS) is 16.0. The van der Waals surface area contributed by atoms with Gasteiger partial charge in [0.1, 0.15) is 12.1 Å². The van der Waals surface area contributed by atoms with E-state index in [1.807, 2.05) is 0 Å². The second-order valence-corrected chi connectivity index (χ2v) is 8.81. The summed E-state index contributed by atoms with van der Waals surface area (Å²) < 4.78 is 44.5. The first-order valence-corrected chi connectivity index (χ1v) is 10.7. The molecule has 1 unspecified atom stereocenters. The fraction of sp³-hybridized carbons (Fsp3) is 0.400. The maximum Gasteiger partial charge on any atom is 0.258 e. The van der Waals surface area contributed by atoms with Crippen molar-refractivity contribution in [3.8, 4) is 0 Å². The van der Waals surface area contributed by atoms with Gasteiger partial charge in [0.25, 0.3) is 12.3 Å². The summed E-state index contributed by atoms with van der Waals surface area (Å²) in [6, 6.07) is 1.14. The third kappa shape index (κ3) is 4.32. The summed E-state index contributed by atoms with van der Waals surface area (Å²) in [6.45, 7) is 1.81. The van der Waals surface area contributed by atoms with Crippen molar-refractivity contribution in [1.82, 2.24) is 20.0 Å². The van der Waals surface area contributed by atoms with Crippen LogP contribution in [0.3, 0.4) is 0 Å². The lowest BCUT2D eigenvalue weighted by atomic mass is 9.90. The van der Waals surface area contributed by atoms with Crippen LogP contribution in [-0.2, 0) is 24.9 Å². The largest absolute Gasteiger partial charge is 0.368 e. The predicted octanol–water partition coefficient (Wildman–Crippen LogP) is 3.41. The van der Waals surface area contributed by atoms with Gasteiger partial charge in [0.15, 0.2) is 11.6 Å². The van der Waals surface area contributed by atoms with Gasteiger partial charge in [-0.15, -0.1) is 11.3 Å². The number of fused-ring (bicyclic) bond motifs is 1. The molecule has 170 valence electrons. The third-order valence-electron chi connectivity index (χ3n) is 5.48. The highest BCUT2D eigenvalue weighted by molar-refractivity contribution is 7.10. The van der Waals surface area contributed by atoms with Crippen LogP contribution in [0.4, 0.5) is 24.9 Å². The van der Waals surface area contributed by atoms with Gasteiger partial charge in [0.2, 0.25) is 5.95 Å². The van der Waals surface area contributed by atoms with Crippen molar-refractivity contribution in [2.45, 2.75) is 38.3 Å². The van der Waals surface area contributed by atoms with Gasteiger partial charge >= 0.3 is 0 Å². The van der Waals surface area contributed by atoms with E-state index in [9.17, 15) is 18.0 Å². The van der Waals surface area contributed by atoms with Crippen molar-refractivity contribution in [3.63, 3.8) is 0 Å². The van der Waals surface area contributed by atoms with Gasteiger partial charge in [-0.2, -0.15) is 0 Å². The minimum absolute atomic E-state index is 0.0361. The Labute approximate surface area is 185 Å². The summed E-state index contributed by atoms with van der Waals surface area (Å²) >= 11 is 1.48. The maximum atomic E-state index is 13.2. The molecular formula is C20H21F3N6O2S. The summed E-state index contributed by atoms with van der Waals surface area (Å²) in [4.78, 5) is 24.1. The predicted molar refractivity (Wildman–Crippen MR) is 112 cm³/mol. The number of rotatable bonds is 7. The van der Waals surface area contributed by atoms with Gasteiger partial charge in [-0.3, -0.25) is 9.69 Å². The Morgan fingerprint density at radius 1 is 1.41 bits per heavy atom. The minimum atomic E-state index is -2.98. The number of aromatic nitrogens is 3. The molecule has 1 aliphatic rings. The summed E-state index contributed by atoms with van der Waals surface area (Å²) in [5, 5.41) is 7.93. The number of carbonyl (C=O) groups is 1.